The van der Waals surface area contributed by atoms with Gasteiger partial charge in [0.25, 0.3) is 0 Å². The van der Waals surface area contributed by atoms with Crippen molar-refractivity contribution in [2.45, 2.75) is 38.3 Å². The number of hydrogen-bond donors (Lipinski definition) is 4. The molecule has 0 saturated carbocycles. The molecule has 1 fully saturated rings. The van der Waals surface area contributed by atoms with Gasteiger partial charge >= 0.3 is 0 Å². The summed E-state index contributed by atoms with van der Waals surface area (Å²) in [5.41, 5.74) is 7.99. The van der Waals surface area contributed by atoms with Gasteiger partial charge in [-0.3, -0.25) is 0 Å². The molecule has 0 aliphatic carbocycles. The van der Waals surface area contributed by atoms with Crippen LogP contribution in [0.2, 0.25) is 5.02 Å². The maximum Gasteiger partial charge on any atom is 0.232 e. The number of likely N-dealkylation sites (N-methyl/N-ethyl adjacent to an activating group) is 1. The Bertz CT molecular complexity index is 1310. The molecule has 2 atom stereocenters. The molecule has 204 valence electrons. The van der Waals surface area contributed by atoms with Gasteiger partial charge in [-0.25, -0.2) is 14.4 Å². The molecule has 0 bridgehead atoms. The first-order valence-electron chi connectivity index (χ1n) is 12.4. The van der Waals surface area contributed by atoms with Crippen molar-refractivity contribution in [3.05, 3.63) is 47.0 Å². The minimum absolute atomic E-state index is 0.0918. The van der Waals surface area contributed by atoms with E-state index in [-0.39, 0.29) is 16.9 Å². The summed E-state index contributed by atoms with van der Waals surface area (Å²) in [5, 5.41) is 16.9. The number of aromatic nitrogens is 3. The summed E-state index contributed by atoms with van der Waals surface area (Å²) in [4.78, 5) is 17.2. The van der Waals surface area contributed by atoms with Gasteiger partial charge in [-0.1, -0.05) is 18.5 Å². The monoisotopic (exact) mass is 544 g/mol. The molecule has 3 aromatic rings. The predicted octanol–water partition coefficient (Wildman–Crippen LogP) is 4.50. The number of rotatable bonds is 10. The van der Waals surface area contributed by atoms with Gasteiger partial charge in [0.1, 0.15) is 17.9 Å². The van der Waals surface area contributed by atoms with Gasteiger partial charge in [0.05, 0.1) is 34.8 Å². The molecule has 12 heteroatoms. The highest BCUT2D eigenvalue weighted by Gasteiger charge is 2.31. The lowest BCUT2D eigenvalue weighted by Gasteiger charge is -2.44. The average Bonchev–Trinajstić information content (AvgIpc) is 2.85. The van der Waals surface area contributed by atoms with Gasteiger partial charge in [0.15, 0.2) is 0 Å². The number of nitrogens with zero attached hydrogens (tertiary/aromatic N) is 5. The summed E-state index contributed by atoms with van der Waals surface area (Å²) in [7, 11) is 5.71. The second-order valence-corrected chi connectivity index (χ2v) is 10.2. The fourth-order valence-corrected chi connectivity index (χ4v) is 4.58. The molecule has 1 unspecified atom stereocenters. The quantitative estimate of drug-likeness (QED) is 0.271. The van der Waals surface area contributed by atoms with Crippen molar-refractivity contribution in [1.29, 1.82) is 0 Å². The van der Waals surface area contributed by atoms with Crippen LogP contribution >= 0.6 is 11.6 Å². The number of methoxy groups -OCH3 is 1. The minimum atomic E-state index is -1.30. The van der Waals surface area contributed by atoms with Crippen LogP contribution in [0.25, 0.3) is 0 Å². The topological polar surface area (TPSA) is 125 Å². The van der Waals surface area contributed by atoms with Crippen molar-refractivity contribution < 1.29 is 14.2 Å². The molecule has 1 saturated heterocycles. The van der Waals surface area contributed by atoms with E-state index in [2.05, 4.69) is 49.5 Å². The van der Waals surface area contributed by atoms with Crippen LogP contribution in [0, 0.1) is 5.82 Å². The van der Waals surface area contributed by atoms with Crippen molar-refractivity contribution in [3.63, 3.8) is 0 Å². The Morgan fingerprint density at radius 3 is 2.47 bits per heavy atom. The standard InChI is InChI=1S/C26H34ClFN8O2/c1-6-26(2,37)16-9-18(28)17(27)10-20(16)32-24-30-14-31-25(34-24)33-21-11-19(29)22(12-23(21)38-5)36-8-7-15(36)13-35(3)4/h9-12,14-15,37H,6-8,13,29H2,1-5H3,(H2,30,31,32,33,34)/t15-,26?/m1/s1. The van der Waals surface area contributed by atoms with Crippen molar-refractivity contribution in [1.82, 2.24) is 19.9 Å². The molecule has 1 aliphatic rings. The van der Waals surface area contributed by atoms with Crippen LogP contribution < -0.4 is 26.0 Å². The van der Waals surface area contributed by atoms with E-state index in [4.69, 9.17) is 22.1 Å². The van der Waals surface area contributed by atoms with E-state index in [1.165, 1.54) is 18.5 Å². The number of anilines is 6. The number of hydrogen-bond acceptors (Lipinski definition) is 10. The largest absolute Gasteiger partial charge is 0.494 e. The Morgan fingerprint density at radius 1 is 1.21 bits per heavy atom. The van der Waals surface area contributed by atoms with E-state index in [1.807, 2.05) is 6.07 Å². The molecular weight excluding hydrogens is 511 g/mol. The molecule has 0 amide bonds. The van der Waals surface area contributed by atoms with Gasteiger partial charge < -0.3 is 36.0 Å². The van der Waals surface area contributed by atoms with Crippen LogP contribution in [0.5, 0.6) is 5.75 Å². The van der Waals surface area contributed by atoms with Crippen molar-refractivity contribution in [2.75, 3.05) is 55.6 Å². The second kappa shape index (κ2) is 11.1. The fourth-order valence-electron chi connectivity index (χ4n) is 4.41. The van der Waals surface area contributed by atoms with E-state index >= 15 is 0 Å². The van der Waals surface area contributed by atoms with Crippen LogP contribution in [-0.2, 0) is 5.60 Å². The van der Waals surface area contributed by atoms with Gasteiger partial charge in [-0.05, 0) is 52.1 Å². The van der Waals surface area contributed by atoms with Crippen LogP contribution in [0.15, 0.2) is 30.6 Å². The summed E-state index contributed by atoms with van der Waals surface area (Å²) < 4.78 is 19.9. The third-order valence-electron chi connectivity index (χ3n) is 6.77. The lowest BCUT2D eigenvalue weighted by molar-refractivity contribution is 0.0535. The maximum atomic E-state index is 14.2. The number of nitrogens with two attached hydrogens (primary N) is 1. The van der Waals surface area contributed by atoms with Crippen LogP contribution in [0.1, 0.15) is 32.3 Å². The molecule has 2 heterocycles. The first-order valence-corrected chi connectivity index (χ1v) is 12.7. The minimum Gasteiger partial charge on any atom is -0.494 e. The molecule has 10 nitrogen and oxygen atoms in total. The van der Waals surface area contributed by atoms with Gasteiger partial charge in [0, 0.05) is 36.4 Å². The zero-order chi connectivity index (χ0) is 27.6. The van der Waals surface area contributed by atoms with Gasteiger partial charge in [-0.15, -0.1) is 0 Å². The number of aliphatic hydroxyl groups is 1. The number of nitrogen functional groups attached to an aromatic ring is 1. The van der Waals surface area contributed by atoms with Gasteiger partial charge in [0.2, 0.25) is 11.9 Å². The number of benzene rings is 2. The van der Waals surface area contributed by atoms with E-state index in [0.717, 1.165) is 25.2 Å². The van der Waals surface area contributed by atoms with Crippen LogP contribution in [0.3, 0.4) is 0 Å². The zero-order valence-electron chi connectivity index (χ0n) is 22.2. The molecule has 38 heavy (non-hydrogen) atoms. The highest BCUT2D eigenvalue weighted by molar-refractivity contribution is 6.31. The average molecular weight is 545 g/mol. The number of ether oxygens (including phenoxy) is 1. The third kappa shape index (κ3) is 5.85. The Hall–Kier alpha value is -3.41. The molecule has 2 aromatic carbocycles. The highest BCUT2D eigenvalue weighted by atomic mass is 35.5. The highest BCUT2D eigenvalue weighted by Crippen LogP contribution is 2.40. The van der Waals surface area contributed by atoms with Crippen LogP contribution in [0.4, 0.5) is 39.0 Å². The summed E-state index contributed by atoms with van der Waals surface area (Å²) in [5.74, 6) is 0.373. The summed E-state index contributed by atoms with van der Waals surface area (Å²) in [6, 6.07) is 6.72. The first kappa shape index (κ1) is 27.6. The molecule has 1 aromatic heterocycles. The number of halogens is 2. The summed E-state index contributed by atoms with van der Waals surface area (Å²) in [6.45, 7) is 5.28. The third-order valence-corrected chi connectivity index (χ3v) is 7.06. The zero-order valence-corrected chi connectivity index (χ0v) is 23.0. The van der Waals surface area contributed by atoms with E-state index < -0.39 is 11.4 Å². The molecule has 0 radical (unpaired) electrons. The summed E-state index contributed by atoms with van der Waals surface area (Å²) >= 11 is 6.02. The lowest BCUT2D eigenvalue weighted by Crippen LogP contribution is -2.52. The Balaban J connectivity index is 1.59. The van der Waals surface area contributed by atoms with Crippen LogP contribution in [-0.4, -0.2) is 65.3 Å². The lowest BCUT2D eigenvalue weighted by atomic mass is 9.91. The summed E-state index contributed by atoms with van der Waals surface area (Å²) in [6.07, 6.45) is 2.79. The van der Waals surface area contributed by atoms with Crippen molar-refractivity contribution >= 4 is 46.2 Å². The molecule has 4 rings (SSSR count). The maximum absolute atomic E-state index is 14.2. The normalized spacial score (nSPS) is 16.7. The van der Waals surface area contributed by atoms with E-state index in [1.54, 1.807) is 27.0 Å². The first-order chi connectivity index (χ1) is 18.0. The van der Waals surface area contributed by atoms with Gasteiger partial charge in [-0.2, -0.15) is 4.98 Å². The predicted molar refractivity (Wildman–Crippen MR) is 149 cm³/mol. The SMILES string of the molecule is CCC(C)(O)c1cc(F)c(Cl)cc1Nc1ncnc(Nc2cc(N)c(N3CC[C@@H]3CN(C)C)cc2OC)n1. The molecule has 0 spiro atoms. The molecule has 5 N–H and O–H groups in total. The molecule has 1 aliphatic heterocycles. The van der Waals surface area contributed by atoms with E-state index in [0.29, 0.717) is 40.8 Å². The Kier molecular flexibility index (Phi) is 8.10. The van der Waals surface area contributed by atoms with Crippen molar-refractivity contribution in [3.8, 4) is 5.75 Å². The van der Waals surface area contributed by atoms with E-state index in [9.17, 15) is 9.50 Å². The smallest absolute Gasteiger partial charge is 0.232 e. The Labute approximate surface area is 227 Å². The second-order valence-electron chi connectivity index (χ2n) is 9.83. The fraction of sp³-hybridized carbons (Fsp3) is 0.423. The van der Waals surface area contributed by atoms with Crippen molar-refractivity contribution in [2.24, 2.45) is 0 Å². The molecular formula is C26H34ClFN8O2. The Morgan fingerprint density at radius 2 is 1.89 bits per heavy atom. The number of nitrogens with one attached hydrogen (secondary N) is 2.